The van der Waals surface area contributed by atoms with Gasteiger partial charge in [-0.05, 0) is 62.4 Å². The zero-order valence-electron chi connectivity index (χ0n) is 10.5. The molecule has 0 saturated carbocycles. The fourth-order valence-corrected chi connectivity index (χ4v) is 2.47. The van der Waals surface area contributed by atoms with Gasteiger partial charge in [-0.15, -0.1) is 0 Å². The number of anilines is 1. The number of benzene rings is 1. The van der Waals surface area contributed by atoms with E-state index in [0.717, 1.165) is 37.2 Å². The maximum absolute atomic E-state index is 14.0. The predicted octanol–water partition coefficient (Wildman–Crippen LogP) is 2.63. The van der Waals surface area contributed by atoms with Crippen LogP contribution in [-0.2, 0) is 6.42 Å². The molecule has 1 aromatic carbocycles. The lowest BCUT2D eigenvalue weighted by molar-refractivity contribution is 0.619. The van der Waals surface area contributed by atoms with Crippen LogP contribution in [0.1, 0.15) is 30.4 Å². The van der Waals surface area contributed by atoms with Gasteiger partial charge in [0.1, 0.15) is 5.82 Å². The smallest absolute Gasteiger partial charge is 0.146 e. The van der Waals surface area contributed by atoms with Crippen molar-refractivity contribution < 1.29 is 4.39 Å². The molecule has 0 radical (unpaired) electrons. The summed E-state index contributed by atoms with van der Waals surface area (Å²) < 4.78 is 14.0. The Bertz CT molecular complexity index is 384. The first-order valence-corrected chi connectivity index (χ1v) is 6.46. The Labute approximate surface area is 103 Å². The minimum Gasteiger partial charge on any atom is -0.369 e. The van der Waals surface area contributed by atoms with Gasteiger partial charge < -0.3 is 10.6 Å². The zero-order valence-corrected chi connectivity index (χ0v) is 10.5. The molecule has 0 spiro atoms. The highest BCUT2D eigenvalue weighted by atomic mass is 19.1. The van der Waals surface area contributed by atoms with Crippen molar-refractivity contribution in [3.63, 3.8) is 0 Å². The van der Waals surface area contributed by atoms with Crippen molar-refractivity contribution in [3.05, 3.63) is 29.1 Å². The molecule has 1 fully saturated rings. The number of nitrogens with two attached hydrogens (primary N) is 1. The van der Waals surface area contributed by atoms with E-state index in [4.69, 9.17) is 5.73 Å². The SMILES string of the molecule is Cc1cc(N2CCCC2)c(F)cc1CCCN. The summed E-state index contributed by atoms with van der Waals surface area (Å²) in [5.41, 5.74) is 8.54. The van der Waals surface area contributed by atoms with E-state index in [1.807, 2.05) is 6.07 Å². The lowest BCUT2D eigenvalue weighted by Crippen LogP contribution is -2.19. The molecule has 2 nitrogen and oxygen atoms in total. The van der Waals surface area contributed by atoms with Crippen LogP contribution in [0.25, 0.3) is 0 Å². The largest absolute Gasteiger partial charge is 0.369 e. The molecule has 3 heteroatoms. The summed E-state index contributed by atoms with van der Waals surface area (Å²) in [6.45, 7) is 4.69. The Morgan fingerprint density at radius 1 is 1.29 bits per heavy atom. The topological polar surface area (TPSA) is 29.3 Å². The molecule has 0 aromatic heterocycles. The van der Waals surface area contributed by atoms with E-state index in [0.29, 0.717) is 6.54 Å². The lowest BCUT2D eigenvalue weighted by Gasteiger charge is -2.20. The fraction of sp³-hybridized carbons (Fsp3) is 0.571. The number of hydrogen-bond donors (Lipinski definition) is 1. The van der Waals surface area contributed by atoms with E-state index >= 15 is 0 Å². The van der Waals surface area contributed by atoms with Crippen LogP contribution in [0.15, 0.2) is 12.1 Å². The van der Waals surface area contributed by atoms with E-state index in [2.05, 4.69) is 11.8 Å². The molecule has 0 amide bonds. The lowest BCUT2D eigenvalue weighted by atomic mass is 10.0. The van der Waals surface area contributed by atoms with Crippen molar-refractivity contribution in [2.45, 2.75) is 32.6 Å². The molecule has 17 heavy (non-hydrogen) atoms. The number of halogens is 1. The molecule has 1 aliphatic heterocycles. The van der Waals surface area contributed by atoms with Gasteiger partial charge in [0.25, 0.3) is 0 Å². The maximum Gasteiger partial charge on any atom is 0.146 e. The summed E-state index contributed by atoms with van der Waals surface area (Å²) in [4.78, 5) is 2.15. The van der Waals surface area contributed by atoms with Crippen molar-refractivity contribution in [3.8, 4) is 0 Å². The fourth-order valence-electron chi connectivity index (χ4n) is 2.47. The second kappa shape index (κ2) is 5.50. The third kappa shape index (κ3) is 2.78. The van der Waals surface area contributed by atoms with Gasteiger partial charge in [-0.1, -0.05) is 0 Å². The van der Waals surface area contributed by atoms with Crippen LogP contribution in [0.4, 0.5) is 10.1 Å². The average molecular weight is 236 g/mol. The summed E-state index contributed by atoms with van der Waals surface area (Å²) in [5, 5.41) is 0. The van der Waals surface area contributed by atoms with Crippen molar-refractivity contribution in [2.75, 3.05) is 24.5 Å². The maximum atomic E-state index is 14.0. The quantitative estimate of drug-likeness (QED) is 0.870. The summed E-state index contributed by atoms with van der Waals surface area (Å²) in [6.07, 6.45) is 4.14. The van der Waals surface area contributed by atoms with Crippen LogP contribution >= 0.6 is 0 Å². The van der Waals surface area contributed by atoms with E-state index < -0.39 is 0 Å². The van der Waals surface area contributed by atoms with Gasteiger partial charge in [-0.2, -0.15) is 0 Å². The molecule has 94 valence electrons. The molecule has 1 saturated heterocycles. The second-order valence-corrected chi connectivity index (χ2v) is 4.82. The van der Waals surface area contributed by atoms with Gasteiger partial charge in [-0.3, -0.25) is 0 Å². The monoisotopic (exact) mass is 236 g/mol. The Morgan fingerprint density at radius 2 is 2.00 bits per heavy atom. The van der Waals surface area contributed by atoms with Gasteiger partial charge in [0.2, 0.25) is 0 Å². The predicted molar refractivity (Wildman–Crippen MR) is 70.0 cm³/mol. The number of aryl methyl sites for hydroxylation is 2. The van der Waals surface area contributed by atoms with E-state index in [1.54, 1.807) is 6.07 Å². The highest BCUT2D eigenvalue weighted by Gasteiger charge is 2.17. The molecule has 2 N–H and O–H groups in total. The van der Waals surface area contributed by atoms with Crippen LogP contribution in [0.3, 0.4) is 0 Å². The summed E-state index contributed by atoms with van der Waals surface area (Å²) >= 11 is 0. The highest BCUT2D eigenvalue weighted by molar-refractivity contribution is 5.52. The van der Waals surface area contributed by atoms with Crippen molar-refractivity contribution >= 4 is 5.69 Å². The van der Waals surface area contributed by atoms with Gasteiger partial charge in [0, 0.05) is 13.1 Å². The van der Waals surface area contributed by atoms with Crippen LogP contribution in [0, 0.1) is 12.7 Å². The molecule has 0 atom stereocenters. The molecule has 1 aromatic rings. The molecule has 2 rings (SSSR count). The normalized spacial score (nSPS) is 15.6. The van der Waals surface area contributed by atoms with Gasteiger partial charge in [0.15, 0.2) is 0 Å². The van der Waals surface area contributed by atoms with Crippen molar-refractivity contribution in [1.82, 2.24) is 0 Å². The molecule has 0 unspecified atom stereocenters. The van der Waals surface area contributed by atoms with Crippen molar-refractivity contribution in [1.29, 1.82) is 0 Å². The molecule has 1 heterocycles. The third-order valence-electron chi connectivity index (χ3n) is 3.50. The van der Waals surface area contributed by atoms with Crippen LogP contribution < -0.4 is 10.6 Å². The highest BCUT2D eigenvalue weighted by Crippen LogP contribution is 2.27. The number of nitrogens with zero attached hydrogens (tertiary/aromatic N) is 1. The minimum absolute atomic E-state index is 0.0791. The first kappa shape index (κ1) is 12.4. The van der Waals surface area contributed by atoms with Gasteiger partial charge in [0.05, 0.1) is 5.69 Å². The molecule has 0 aliphatic carbocycles. The molecular formula is C14H21FN2. The number of rotatable bonds is 4. The van der Waals surface area contributed by atoms with Crippen LogP contribution in [0.2, 0.25) is 0 Å². The Hall–Kier alpha value is -1.09. The Kier molecular flexibility index (Phi) is 4.00. The van der Waals surface area contributed by atoms with Gasteiger partial charge in [-0.25, -0.2) is 4.39 Å². The summed E-state index contributed by atoms with van der Waals surface area (Å²) in [7, 11) is 0. The first-order valence-electron chi connectivity index (χ1n) is 6.46. The number of hydrogen-bond acceptors (Lipinski definition) is 2. The van der Waals surface area contributed by atoms with Crippen LogP contribution in [-0.4, -0.2) is 19.6 Å². The average Bonchev–Trinajstić information content (AvgIpc) is 2.83. The molecular weight excluding hydrogens is 215 g/mol. The molecule has 1 aliphatic rings. The Morgan fingerprint density at radius 3 is 2.65 bits per heavy atom. The second-order valence-electron chi connectivity index (χ2n) is 4.82. The van der Waals surface area contributed by atoms with E-state index in [9.17, 15) is 4.39 Å². The van der Waals surface area contributed by atoms with Crippen molar-refractivity contribution in [2.24, 2.45) is 5.73 Å². The minimum atomic E-state index is -0.0791. The van der Waals surface area contributed by atoms with Gasteiger partial charge >= 0.3 is 0 Å². The van der Waals surface area contributed by atoms with E-state index in [-0.39, 0.29) is 5.82 Å². The first-order chi connectivity index (χ1) is 8.22. The third-order valence-corrected chi connectivity index (χ3v) is 3.50. The van der Waals surface area contributed by atoms with Crippen LogP contribution in [0.5, 0.6) is 0 Å². The zero-order chi connectivity index (χ0) is 12.3. The van der Waals surface area contributed by atoms with E-state index in [1.165, 1.54) is 18.4 Å². The summed E-state index contributed by atoms with van der Waals surface area (Å²) in [6, 6.07) is 3.69. The summed E-state index contributed by atoms with van der Waals surface area (Å²) in [5.74, 6) is -0.0791. The Balaban J connectivity index is 2.21. The standard InChI is InChI=1S/C14H21FN2/c1-11-9-14(17-7-2-3-8-17)13(15)10-12(11)5-4-6-16/h9-10H,2-8,16H2,1H3. The molecule has 0 bridgehead atoms.